The molecule has 0 aliphatic carbocycles. The van der Waals surface area contributed by atoms with Crippen molar-refractivity contribution >= 4 is 42.6 Å². The second kappa shape index (κ2) is 18.7. The van der Waals surface area contributed by atoms with E-state index in [2.05, 4.69) is 130 Å². The van der Waals surface area contributed by atoms with Crippen LogP contribution in [0.25, 0.3) is 10.6 Å². The van der Waals surface area contributed by atoms with E-state index in [1.54, 1.807) is 0 Å². The third-order valence-corrected chi connectivity index (χ3v) is 9.99. The topological polar surface area (TPSA) is 34.7 Å². The van der Waals surface area contributed by atoms with Gasteiger partial charge < -0.3 is 20.4 Å². The van der Waals surface area contributed by atoms with Gasteiger partial charge in [-0.1, -0.05) is 194 Å². The van der Waals surface area contributed by atoms with Gasteiger partial charge in [-0.15, -0.1) is 0 Å². The Morgan fingerprint density at radius 3 is 0.925 bits per heavy atom. The molecule has 0 unspecified atom stereocenters. The van der Waals surface area contributed by atoms with Gasteiger partial charge >= 0.3 is 34.5 Å². The van der Waals surface area contributed by atoms with Crippen LogP contribution >= 0.6 is 42.6 Å². The molecule has 0 fully saturated rings. The fourth-order valence-electron chi connectivity index (χ4n) is 7.21. The van der Waals surface area contributed by atoms with Crippen LogP contribution in [0.4, 0.5) is 0 Å². The van der Waals surface area contributed by atoms with Gasteiger partial charge in [0.15, 0.2) is 0 Å². The molecule has 9 heteroatoms. The van der Waals surface area contributed by atoms with Crippen molar-refractivity contribution < 1.29 is 15.1 Å². The summed E-state index contributed by atoms with van der Waals surface area (Å²) >= 11 is 13.1. The van der Waals surface area contributed by atoms with E-state index in [9.17, 15) is 0 Å². The molecule has 0 spiro atoms. The first kappa shape index (κ1) is 38.5. The molecule has 2 aliphatic rings. The molecule has 0 aromatic heterocycles. The van der Waals surface area contributed by atoms with Crippen molar-refractivity contribution in [3.8, 4) is 0 Å². The fourth-order valence-corrected chi connectivity index (χ4v) is 7.76. The maximum absolute atomic E-state index is 6.71. The Balaban J connectivity index is 0.000000169. The van der Waals surface area contributed by atoms with Gasteiger partial charge in [0, 0.05) is 21.2 Å². The number of rotatable bonds is 8. The van der Waals surface area contributed by atoms with E-state index in [4.69, 9.17) is 42.6 Å². The minimum atomic E-state index is -0.530. The first-order valence-corrected chi connectivity index (χ1v) is 22.1. The van der Waals surface area contributed by atoms with E-state index in [-0.39, 0.29) is 15.1 Å². The fraction of sp³-hybridized carbons (Fsp3) is 0.0909. The summed E-state index contributed by atoms with van der Waals surface area (Å²) in [6, 6.07) is 58.1. The van der Waals surface area contributed by atoms with Crippen molar-refractivity contribution in [3.05, 3.63) is 249 Å². The summed E-state index contributed by atoms with van der Waals surface area (Å²) in [5, 5.41) is 10.4. The monoisotopic (exact) mass is 862 g/mol. The van der Waals surface area contributed by atoms with E-state index in [0.29, 0.717) is 13.3 Å². The molecule has 0 atom stereocenters. The van der Waals surface area contributed by atoms with Crippen LogP contribution in [-0.4, -0.2) is 23.1 Å². The van der Waals surface area contributed by atoms with E-state index < -0.39 is 11.1 Å². The zero-order valence-electron chi connectivity index (χ0n) is 28.5. The zero-order valence-corrected chi connectivity index (χ0v) is 33.3. The molecule has 0 bridgehead atoms. The van der Waals surface area contributed by atoms with Gasteiger partial charge in [-0.25, -0.2) is 0 Å². The summed E-state index contributed by atoms with van der Waals surface area (Å²) in [5.41, 5.74) is 5.69. The van der Waals surface area contributed by atoms with Crippen LogP contribution in [0.15, 0.2) is 195 Å². The van der Waals surface area contributed by atoms with E-state index >= 15 is 0 Å². The minimum absolute atomic E-state index is 0.346. The molecule has 0 N–H and O–H groups in total. The Kier molecular flexibility index (Phi) is 13.6. The predicted molar refractivity (Wildman–Crippen MR) is 219 cm³/mol. The second-order valence-electron chi connectivity index (χ2n) is 12.1. The molecule has 268 valence electrons. The molecule has 2 aliphatic heterocycles. The molecule has 6 aromatic rings. The van der Waals surface area contributed by atoms with Crippen LogP contribution in [0, 0.1) is 0 Å². The van der Waals surface area contributed by atoms with Crippen LogP contribution in [0.1, 0.15) is 33.4 Å². The summed E-state index contributed by atoms with van der Waals surface area (Å²) in [6.45, 7) is 1.18. The van der Waals surface area contributed by atoms with Crippen LogP contribution < -0.4 is 0 Å². The zero-order chi connectivity index (χ0) is 36.9. The molecular weight excluding hydrogens is 827 g/mol. The molecule has 8 rings (SSSR count). The molecule has 0 amide bonds. The van der Waals surface area contributed by atoms with Gasteiger partial charge in [-0.05, 0) is 46.8 Å². The van der Waals surface area contributed by atoms with Crippen LogP contribution in [0.2, 0.25) is 10.0 Å². The van der Waals surface area contributed by atoms with Gasteiger partial charge in [-0.2, -0.15) is 12.4 Å². The molecule has 6 aromatic carbocycles. The van der Waals surface area contributed by atoms with Crippen LogP contribution in [-0.2, 0) is 26.2 Å². The number of halogens is 4. The Bertz CT molecular complexity index is 1850. The Hall–Kier alpha value is -4.22. The van der Waals surface area contributed by atoms with Gasteiger partial charge in [0.25, 0.3) is 0 Å². The van der Waals surface area contributed by atoms with Crippen molar-refractivity contribution in [2.24, 2.45) is 0 Å². The molecule has 0 saturated heterocycles. The summed E-state index contributed by atoms with van der Waals surface area (Å²) < 4.78 is 0. The van der Waals surface area contributed by atoms with Crippen molar-refractivity contribution in [1.29, 1.82) is 0 Å². The molecular formula is C44H36Cl4N4Ru. The van der Waals surface area contributed by atoms with Gasteiger partial charge in [-0.3, -0.25) is 0 Å². The average Bonchev–Trinajstić information content (AvgIpc) is 3.96. The van der Waals surface area contributed by atoms with E-state index in [1.807, 2.05) is 85.5 Å². The van der Waals surface area contributed by atoms with Crippen LogP contribution in [0.3, 0.4) is 0 Å². The Morgan fingerprint density at radius 2 is 0.679 bits per heavy atom. The second-order valence-corrected chi connectivity index (χ2v) is 15.5. The maximum atomic E-state index is 6.71. The first-order chi connectivity index (χ1) is 26.1. The van der Waals surface area contributed by atoms with Crippen molar-refractivity contribution in [2.45, 2.75) is 11.1 Å². The standard InChI is InChI=1S/2C22H18ClN2.2ClH.Ru/c2*23-21-14-8-7-13-20(21)22(25-16-15-24-17-25,18-9-3-1-4-10-18)19-11-5-2-6-12-19;;;/h2*1-16H,17H2;2*1H;/q2*-1;;;+4/p-2. The summed E-state index contributed by atoms with van der Waals surface area (Å²) in [7, 11) is 9.71. The van der Waals surface area contributed by atoms with Crippen molar-refractivity contribution in [2.75, 3.05) is 13.3 Å². The van der Waals surface area contributed by atoms with E-state index in [0.717, 1.165) is 43.4 Å². The molecule has 53 heavy (non-hydrogen) atoms. The normalized spacial score (nSPS) is 13.3. The SMILES string of the molecule is Clc1ccccc1C(c1ccccc1)(c1ccccc1)N1C=C[N-]C1.Clc1ccccc1C(c1ccccc1)(c1ccccc1)N1C=C[N-]C1.[Cl][Ru+2][Cl]. The Morgan fingerprint density at radius 1 is 0.415 bits per heavy atom. The third-order valence-electron chi connectivity index (χ3n) is 9.33. The van der Waals surface area contributed by atoms with Gasteiger partial charge in [0.1, 0.15) is 11.1 Å². The summed E-state index contributed by atoms with van der Waals surface area (Å²) in [4.78, 5) is 4.50. The third kappa shape index (κ3) is 8.02. The molecule has 0 saturated carbocycles. The number of benzene rings is 6. The number of nitrogens with zero attached hydrogens (tertiary/aromatic N) is 4. The summed E-state index contributed by atoms with van der Waals surface area (Å²) in [6.07, 6.45) is 7.81. The predicted octanol–water partition coefficient (Wildman–Crippen LogP) is 12.9. The quantitative estimate of drug-likeness (QED) is 0.113. The average molecular weight is 864 g/mol. The van der Waals surface area contributed by atoms with Crippen molar-refractivity contribution in [1.82, 2.24) is 9.80 Å². The first-order valence-electron chi connectivity index (χ1n) is 16.9. The number of hydrogen-bond donors (Lipinski definition) is 0. The van der Waals surface area contributed by atoms with E-state index in [1.165, 1.54) is 0 Å². The number of hydrogen-bond acceptors (Lipinski definition) is 2. The summed E-state index contributed by atoms with van der Waals surface area (Å²) in [5.74, 6) is 0. The molecule has 2 heterocycles. The van der Waals surface area contributed by atoms with Gasteiger partial charge in [0.05, 0.1) is 0 Å². The van der Waals surface area contributed by atoms with Crippen LogP contribution in [0.5, 0.6) is 0 Å². The Labute approximate surface area is 338 Å². The van der Waals surface area contributed by atoms with Gasteiger partial charge in [0.2, 0.25) is 0 Å². The molecule has 0 radical (unpaired) electrons. The van der Waals surface area contributed by atoms with Crippen molar-refractivity contribution in [3.63, 3.8) is 0 Å². The molecule has 4 nitrogen and oxygen atoms in total.